The Hall–Kier alpha value is -3.02. The van der Waals surface area contributed by atoms with Crippen molar-refractivity contribution in [2.75, 3.05) is 4.72 Å². The Morgan fingerprint density at radius 2 is 1.61 bits per heavy atom. The van der Waals surface area contributed by atoms with Gasteiger partial charge in [0.2, 0.25) is 0 Å². The molecular weight excluding hydrogens is 435 g/mol. The van der Waals surface area contributed by atoms with Crippen LogP contribution in [0.3, 0.4) is 0 Å². The summed E-state index contributed by atoms with van der Waals surface area (Å²) < 4.78 is 28.1. The first-order valence-electron chi connectivity index (χ1n) is 7.35. The average Bonchev–Trinajstić information content (AvgIpc) is 2.96. The summed E-state index contributed by atoms with van der Waals surface area (Å²) in [5.74, 6) is -1.43. The molecular formula is C15H10Cl2N4O6S. The Balaban J connectivity index is 1.94. The van der Waals surface area contributed by atoms with Crippen LogP contribution < -0.4 is 16.1 Å². The van der Waals surface area contributed by atoms with Crippen molar-refractivity contribution in [3.63, 3.8) is 0 Å². The number of nitrogens with one attached hydrogen (secondary N) is 3. The molecule has 0 amide bonds. The summed E-state index contributed by atoms with van der Waals surface area (Å²) in [4.78, 5) is 34.0. The van der Waals surface area contributed by atoms with Gasteiger partial charge in [-0.2, -0.15) is 0 Å². The van der Waals surface area contributed by atoms with Gasteiger partial charge in [-0.25, -0.2) is 37.6 Å². The number of nitrogens with zero attached hydrogens (tertiary/aromatic N) is 1. The Morgan fingerprint density at radius 3 is 2.14 bits per heavy atom. The summed E-state index contributed by atoms with van der Waals surface area (Å²) in [5, 5.41) is 12.9. The predicted octanol–water partition coefficient (Wildman–Crippen LogP) is 1.66. The molecule has 13 heteroatoms. The van der Waals surface area contributed by atoms with Crippen LogP contribution in [0, 0.1) is 0 Å². The Kier molecular flexibility index (Phi) is 5.06. The van der Waals surface area contributed by atoms with E-state index >= 15 is 0 Å². The molecule has 1 aromatic heterocycles. The molecule has 0 saturated heterocycles. The monoisotopic (exact) mass is 444 g/mol. The second-order valence-electron chi connectivity index (χ2n) is 5.42. The fourth-order valence-electron chi connectivity index (χ4n) is 2.31. The molecule has 146 valence electrons. The summed E-state index contributed by atoms with van der Waals surface area (Å²) >= 11 is 11.6. The third kappa shape index (κ3) is 3.67. The lowest BCUT2D eigenvalue weighted by Gasteiger charge is -2.11. The van der Waals surface area contributed by atoms with Crippen LogP contribution in [-0.4, -0.2) is 34.3 Å². The number of aromatic carboxylic acids is 1. The number of hydrogen-bond acceptors (Lipinski definition) is 5. The fraction of sp³-hybridized carbons (Fsp3) is 0. The number of rotatable bonds is 5. The number of anilines is 1. The zero-order valence-corrected chi connectivity index (χ0v) is 15.9. The highest BCUT2D eigenvalue weighted by molar-refractivity contribution is 7.92. The maximum atomic E-state index is 12.5. The molecule has 2 aromatic carbocycles. The van der Waals surface area contributed by atoms with Gasteiger partial charge in [0.25, 0.3) is 10.0 Å². The summed E-state index contributed by atoms with van der Waals surface area (Å²) in [6.45, 7) is 0. The molecule has 0 saturated carbocycles. The van der Waals surface area contributed by atoms with Gasteiger partial charge in [0, 0.05) is 5.69 Å². The van der Waals surface area contributed by atoms with Gasteiger partial charge in [0.05, 0.1) is 26.2 Å². The Morgan fingerprint density at radius 1 is 1.04 bits per heavy atom. The number of H-pyrrole nitrogens is 2. The number of carbonyl (C=O) groups is 1. The van der Waals surface area contributed by atoms with Crippen LogP contribution in [0.15, 0.2) is 50.9 Å². The first-order chi connectivity index (χ1) is 13.1. The zero-order valence-electron chi connectivity index (χ0n) is 13.6. The Bertz CT molecular complexity index is 1260. The number of aromatic amines is 2. The normalized spacial score (nSPS) is 11.4. The lowest BCUT2D eigenvalue weighted by atomic mass is 10.2. The average molecular weight is 445 g/mol. The van der Waals surface area contributed by atoms with E-state index in [1.165, 1.54) is 24.3 Å². The molecule has 4 N–H and O–H groups in total. The lowest BCUT2D eigenvalue weighted by molar-refractivity contribution is 0.0697. The van der Waals surface area contributed by atoms with E-state index < -0.39 is 37.8 Å². The second kappa shape index (κ2) is 7.19. The van der Waals surface area contributed by atoms with E-state index in [1.54, 1.807) is 0 Å². The summed E-state index contributed by atoms with van der Waals surface area (Å²) in [6, 6.07) is 7.24. The molecule has 0 spiro atoms. The quantitative estimate of drug-likeness (QED) is 0.468. The maximum Gasteiger partial charge on any atom is 0.348 e. The van der Waals surface area contributed by atoms with Crippen LogP contribution >= 0.6 is 23.2 Å². The van der Waals surface area contributed by atoms with Crippen molar-refractivity contribution in [3.05, 3.63) is 73.0 Å². The molecule has 0 fully saturated rings. The first kappa shape index (κ1) is 19.7. The number of carboxylic acids is 1. The summed E-state index contributed by atoms with van der Waals surface area (Å²) in [5.41, 5.74) is -1.52. The number of sulfonamides is 1. The summed E-state index contributed by atoms with van der Waals surface area (Å²) in [7, 11) is -4.19. The van der Waals surface area contributed by atoms with Gasteiger partial charge in [-0.3, -0.25) is 4.72 Å². The maximum absolute atomic E-state index is 12.5. The van der Waals surface area contributed by atoms with Crippen LogP contribution in [0.25, 0.3) is 5.69 Å². The van der Waals surface area contributed by atoms with Gasteiger partial charge in [0.15, 0.2) is 0 Å². The predicted molar refractivity (Wildman–Crippen MR) is 101 cm³/mol. The van der Waals surface area contributed by atoms with E-state index in [1.807, 2.05) is 0 Å². The van der Waals surface area contributed by atoms with E-state index in [0.29, 0.717) is 0 Å². The highest BCUT2D eigenvalue weighted by atomic mass is 35.5. The van der Waals surface area contributed by atoms with Crippen molar-refractivity contribution in [1.29, 1.82) is 0 Å². The molecule has 28 heavy (non-hydrogen) atoms. The number of halogens is 2. The van der Waals surface area contributed by atoms with Gasteiger partial charge in [-0.15, -0.1) is 0 Å². The van der Waals surface area contributed by atoms with Gasteiger partial charge in [-0.05, 0) is 36.4 Å². The highest BCUT2D eigenvalue weighted by Crippen LogP contribution is 2.30. The third-order valence-electron chi connectivity index (χ3n) is 3.60. The third-order valence-corrected chi connectivity index (χ3v) is 5.77. The number of benzene rings is 2. The number of hydrogen-bond donors (Lipinski definition) is 4. The molecule has 3 rings (SSSR count). The molecule has 0 bridgehead atoms. The molecule has 0 atom stereocenters. The van der Waals surface area contributed by atoms with Crippen LogP contribution in [-0.2, 0) is 10.0 Å². The van der Waals surface area contributed by atoms with Crippen LogP contribution in [0.2, 0.25) is 10.0 Å². The smallest absolute Gasteiger partial charge is 0.348 e. The van der Waals surface area contributed by atoms with Crippen LogP contribution in [0.5, 0.6) is 0 Å². The fourth-order valence-corrected chi connectivity index (χ4v) is 3.90. The standard InChI is InChI=1S/C15H10Cl2N4O6S/c16-11-6-9(5-10(12(11)17)13(22)23)28(26,27)20-7-1-3-8(4-2-7)21-14(24)18-19-15(21)25/h1-6,20H,(H,18,24)(H,19,25)(H,22,23). The van der Waals surface area contributed by atoms with Crippen molar-refractivity contribution in [2.45, 2.75) is 4.90 Å². The molecule has 0 aliphatic heterocycles. The summed E-state index contributed by atoms with van der Waals surface area (Å²) in [6.07, 6.45) is 0. The minimum atomic E-state index is -4.19. The zero-order chi connectivity index (χ0) is 20.6. The number of carboxylic acid groups (broad SMARTS) is 1. The second-order valence-corrected chi connectivity index (χ2v) is 7.89. The topological polar surface area (TPSA) is 154 Å². The minimum Gasteiger partial charge on any atom is -0.478 e. The van der Waals surface area contributed by atoms with E-state index in [4.69, 9.17) is 28.3 Å². The molecule has 10 nitrogen and oxygen atoms in total. The molecule has 1 heterocycles. The van der Waals surface area contributed by atoms with Crippen LogP contribution in [0.4, 0.5) is 5.69 Å². The molecule has 0 aliphatic rings. The van der Waals surface area contributed by atoms with Gasteiger partial charge in [-0.1, -0.05) is 23.2 Å². The lowest BCUT2D eigenvalue weighted by Crippen LogP contribution is -2.24. The van der Waals surface area contributed by atoms with Crippen LogP contribution in [0.1, 0.15) is 10.4 Å². The molecule has 0 unspecified atom stereocenters. The molecule has 0 radical (unpaired) electrons. The highest BCUT2D eigenvalue weighted by Gasteiger charge is 2.21. The molecule has 3 aromatic rings. The van der Waals surface area contributed by atoms with E-state index in [2.05, 4.69) is 14.9 Å². The van der Waals surface area contributed by atoms with E-state index in [9.17, 15) is 22.8 Å². The van der Waals surface area contributed by atoms with Crippen molar-refractivity contribution in [2.24, 2.45) is 0 Å². The van der Waals surface area contributed by atoms with Crippen molar-refractivity contribution in [1.82, 2.24) is 14.8 Å². The van der Waals surface area contributed by atoms with E-state index in [0.717, 1.165) is 16.7 Å². The first-order valence-corrected chi connectivity index (χ1v) is 9.59. The largest absolute Gasteiger partial charge is 0.478 e. The Labute approximate surface area is 166 Å². The molecule has 0 aliphatic carbocycles. The van der Waals surface area contributed by atoms with Gasteiger partial charge >= 0.3 is 17.3 Å². The van der Waals surface area contributed by atoms with Crippen molar-refractivity contribution in [3.8, 4) is 5.69 Å². The SMILES string of the molecule is O=C(O)c1cc(S(=O)(=O)Nc2ccc(-n3c(=O)[nH][nH]c3=O)cc2)cc(Cl)c1Cl. The minimum absolute atomic E-state index is 0.103. The van der Waals surface area contributed by atoms with Crippen molar-refractivity contribution >= 4 is 44.9 Å². The van der Waals surface area contributed by atoms with E-state index in [-0.39, 0.29) is 21.4 Å². The number of aromatic nitrogens is 3. The van der Waals surface area contributed by atoms with Gasteiger partial charge in [0.1, 0.15) is 0 Å². The van der Waals surface area contributed by atoms with Gasteiger partial charge < -0.3 is 5.11 Å². The van der Waals surface area contributed by atoms with Crippen molar-refractivity contribution < 1.29 is 18.3 Å².